The number of rotatable bonds is 6. The van der Waals surface area contributed by atoms with Crippen molar-refractivity contribution in [3.8, 4) is 11.5 Å². The van der Waals surface area contributed by atoms with E-state index < -0.39 is 0 Å². The number of carbonyl (C=O) groups excluding carboxylic acids is 1. The summed E-state index contributed by atoms with van der Waals surface area (Å²) in [6.45, 7) is 6.29. The Morgan fingerprint density at radius 1 is 1.17 bits per heavy atom. The van der Waals surface area contributed by atoms with Crippen molar-refractivity contribution in [1.82, 2.24) is 0 Å². The number of hydrogen-bond acceptors (Lipinski definition) is 3. The van der Waals surface area contributed by atoms with E-state index in [-0.39, 0.29) is 5.92 Å². The Kier molecular flexibility index (Phi) is 5.20. The normalized spacial score (nSPS) is 12.3. The van der Waals surface area contributed by atoms with Crippen molar-refractivity contribution in [1.29, 1.82) is 0 Å². The van der Waals surface area contributed by atoms with E-state index in [1.165, 1.54) is 5.56 Å². The minimum atomic E-state index is 0.130. The second-order valence-corrected chi connectivity index (χ2v) is 4.80. The van der Waals surface area contributed by atoms with E-state index in [9.17, 15) is 4.79 Å². The van der Waals surface area contributed by atoms with E-state index in [2.05, 4.69) is 19.9 Å². The highest BCUT2D eigenvalue weighted by atomic mass is 16.5. The first-order chi connectivity index (χ1) is 8.54. The molecule has 100 valence electrons. The molecule has 3 heteroatoms. The van der Waals surface area contributed by atoms with Gasteiger partial charge >= 0.3 is 0 Å². The number of ether oxygens (including phenoxy) is 2. The molecule has 0 N–H and O–H groups in total. The third kappa shape index (κ3) is 3.03. The van der Waals surface area contributed by atoms with Gasteiger partial charge in [0.1, 0.15) is 6.29 Å². The van der Waals surface area contributed by atoms with Crippen molar-refractivity contribution in [3.63, 3.8) is 0 Å². The summed E-state index contributed by atoms with van der Waals surface area (Å²) in [7, 11) is 3.26. The Hall–Kier alpha value is -1.51. The predicted molar refractivity (Wildman–Crippen MR) is 72.7 cm³/mol. The van der Waals surface area contributed by atoms with Gasteiger partial charge in [-0.1, -0.05) is 26.8 Å². The summed E-state index contributed by atoms with van der Waals surface area (Å²) >= 11 is 0. The average molecular weight is 250 g/mol. The fourth-order valence-corrected chi connectivity index (χ4v) is 1.99. The first kappa shape index (κ1) is 14.6. The van der Waals surface area contributed by atoms with Crippen LogP contribution in [0.2, 0.25) is 0 Å². The monoisotopic (exact) mass is 250 g/mol. The van der Waals surface area contributed by atoms with E-state index in [4.69, 9.17) is 9.47 Å². The molecule has 1 aromatic carbocycles. The number of hydrogen-bond donors (Lipinski definition) is 0. The lowest BCUT2D eigenvalue weighted by molar-refractivity contribution is -0.108. The Balaban J connectivity index is 3.34. The van der Waals surface area contributed by atoms with E-state index in [0.29, 0.717) is 12.3 Å². The summed E-state index contributed by atoms with van der Waals surface area (Å²) in [4.78, 5) is 10.7. The van der Waals surface area contributed by atoms with Gasteiger partial charge in [0.15, 0.2) is 11.5 Å². The fraction of sp³-hybridized carbons (Fsp3) is 0.533. The van der Waals surface area contributed by atoms with Crippen LogP contribution in [-0.4, -0.2) is 20.5 Å². The van der Waals surface area contributed by atoms with E-state index in [1.807, 2.05) is 13.0 Å². The molecule has 0 aromatic heterocycles. The molecule has 0 bridgehead atoms. The molecule has 3 nitrogen and oxygen atoms in total. The number of benzene rings is 1. The highest BCUT2D eigenvalue weighted by molar-refractivity contribution is 5.56. The second kappa shape index (κ2) is 6.43. The van der Waals surface area contributed by atoms with Crippen LogP contribution in [-0.2, 0) is 4.79 Å². The Bertz CT molecular complexity index is 410. The quantitative estimate of drug-likeness (QED) is 0.725. The van der Waals surface area contributed by atoms with Gasteiger partial charge in [0.25, 0.3) is 0 Å². The van der Waals surface area contributed by atoms with Crippen LogP contribution >= 0.6 is 0 Å². The zero-order valence-electron chi connectivity index (χ0n) is 11.8. The van der Waals surface area contributed by atoms with Crippen LogP contribution in [0.3, 0.4) is 0 Å². The van der Waals surface area contributed by atoms with Gasteiger partial charge in [-0.3, -0.25) is 0 Å². The van der Waals surface area contributed by atoms with Crippen LogP contribution in [0.25, 0.3) is 0 Å². The predicted octanol–water partition coefficient (Wildman–Crippen LogP) is 3.52. The van der Waals surface area contributed by atoms with Gasteiger partial charge in [-0.2, -0.15) is 0 Å². The SMILES string of the molecule is COc1cc(C(C)C)cc(C(C)CC=O)c1OC. The second-order valence-electron chi connectivity index (χ2n) is 4.80. The molecule has 0 heterocycles. The lowest BCUT2D eigenvalue weighted by Crippen LogP contribution is -2.03. The number of carbonyl (C=O) groups is 1. The largest absolute Gasteiger partial charge is 0.493 e. The minimum absolute atomic E-state index is 0.130. The molecule has 0 aliphatic carbocycles. The summed E-state index contributed by atoms with van der Waals surface area (Å²) in [5.74, 6) is 2.00. The van der Waals surface area contributed by atoms with Gasteiger partial charge in [0.2, 0.25) is 0 Å². The van der Waals surface area contributed by atoms with Crippen molar-refractivity contribution in [2.24, 2.45) is 0 Å². The summed E-state index contributed by atoms with van der Waals surface area (Å²) in [6, 6.07) is 4.11. The van der Waals surface area contributed by atoms with Crippen LogP contribution < -0.4 is 9.47 Å². The molecule has 0 radical (unpaired) electrons. The zero-order chi connectivity index (χ0) is 13.7. The Labute approximate surface area is 109 Å². The van der Waals surface area contributed by atoms with Crippen LogP contribution in [0.1, 0.15) is 50.2 Å². The molecular weight excluding hydrogens is 228 g/mol. The third-order valence-corrected chi connectivity index (χ3v) is 3.18. The lowest BCUT2D eigenvalue weighted by atomic mass is 9.92. The maximum Gasteiger partial charge on any atom is 0.164 e. The van der Waals surface area contributed by atoms with Crippen LogP contribution in [0, 0.1) is 0 Å². The van der Waals surface area contributed by atoms with Crippen LogP contribution in [0.5, 0.6) is 11.5 Å². The first-order valence-electron chi connectivity index (χ1n) is 6.24. The van der Waals surface area contributed by atoms with Gasteiger partial charge in [-0.25, -0.2) is 0 Å². The molecule has 1 aromatic rings. The van der Waals surface area contributed by atoms with Crippen LogP contribution in [0.4, 0.5) is 0 Å². The lowest BCUT2D eigenvalue weighted by Gasteiger charge is -2.19. The minimum Gasteiger partial charge on any atom is -0.493 e. The third-order valence-electron chi connectivity index (χ3n) is 3.18. The summed E-state index contributed by atoms with van der Waals surface area (Å²) in [5.41, 5.74) is 2.23. The maximum absolute atomic E-state index is 10.7. The molecule has 18 heavy (non-hydrogen) atoms. The highest BCUT2D eigenvalue weighted by Gasteiger charge is 2.18. The molecule has 1 unspecified atom stereocenters. The molecule has 1 atom stereocenters. The number of aldehydes is 1. The molecule has 0 saturated heterocycles. The van der Waals surface area contributed by atoms with Gasteiger partial charge in [0, 0.05) is 12.0 Å². The topological polar surface area (TPSA) is 35.5 Å². The Morgan fingerprint density at radius 3 is 2.28 bits per heavy atom. The maximum atomic E-state index is 10.7. The first-order valence-corrected chi connectivity index (χ1v) is 6.24. The van der Waals surface area contributed by atoms with Crippen molar-refractivity contribution in [3.05, 3.63) is 23.3 Å². The van der Waals surface area contributed by atoms with Gasteiger partial charge in [-0.05, 0) is 23.5 Å². The van der Waals surface area contributed by atoms with Crippen molar-refractivity contribution in [2.45, 2.75) is 39.0 Å². The van der Waals surface area contributed by atoms with Gasteiger partial charge < -0.3 is 14.3 Å². The molecule has 1 rings (SSSR count). The van der Waals surface area contributed by atoms with Crippen molar-refractivity contribution in [2.75, 3.05) is 14.2 Å². The van der Waals surface area contributed by atoms with Crippen molar-refractivity contribution >= 4 is 6.29 Å². The summed E-state index contributed by atoms with van der Waals surface area (Å²) in [5, 5.41) is 0. The molecule has 0 amide bonds. The summed E-state index contributed by atoms with van der Waals surface area (Å²) in [6.07, 6.45) is 1.43. The van der Waals surface area contributed by atoms with E-state index in [0.717, 1.165) is 23.3 Å². The molecular formula is C15H22O3. The zero-order valence-corrected chi connectivity index (χ0v) is 11.8. The average Bonchev–Trinajstić information content (AvgIpc) is 2.37. The standard InChI is InChI=1S/C15H22O3/c1-10(2)12-8-13(11(3)6-7-16)15(18-5)14(9-12)17-4/h7-11H,6H2,1-5H3. The highest BCUT2D eigenvalue weighted by Crippen LogP contribution is 2.39. The van der Waals surface area contributed by atoms with Crippen molar-refractivity contribution < 1.29 is 14.3 Å². The fourth-order valence-electron chi connectivity index (χ4n) is 1.99. The molecule has 0 saturated carbocycles. The van der Waals surface area contributed by atoms with Gasteiger partial charge in [0.05, 0.1) is 14.2 Å². The summed E-state index contributed by atoms with van der Waals surface area (Å²) < 4.78 is 10.8. The smallest absolute Gasteiger partial charge is 0.164 e. The number of methoxy groups -OCH3 is 2. The van der Waals surface area contributed by atoms with E-state index >= 15 is 0 Å². The molecule has 0 aliphatic rings. The molecule has 0 spiro atoms. The van der Waals surface area contributed by atoms with E-state index in [1.54, 1.807) is 14.2 Å². The van der Waals surface area contributed by atoms with Gasteiger partial charge in [-0.15, -0.1) is 0 Å². The van der Waals surface area contributed by atoms with Crippen LogP contribution in [0.15, 0.2) is 12.1 Å². The Morgan fingerprint density at radius 2 is 1.83 bits per heavy atom. The molecule has 0 aliphatic heterocycles. The molecule has 0 fully saturated rings.